The third-order valence-electron chi connectivity index (χ3n) is 5.10. The second-order valence-electron chi connectivity index (χ2n) is 7.07. The second-order valence-corrected chi connectivity index (χ2v) is 8.74. The highest BCUT2D eigenvalue weighted by molar-refractivity contribution is 7.09. The minimum Gasteiger partial charge on any atom is -0.355 e. The molecule has 0 bridgehead atoms. The summed E-state index contributed by atoms with van der Waals surface area (Å²) in [5.41, 5.74) is 1.87. The van der Waals surface area contributed by atoms with Crippen LogP contribution in [0.15, 0.2) is 22.2 Å². The maximum absolute atomic E-state index is 12.4. The summed E-state index contributed by atoms with van der Waals surface area (Å²) in [4.78, 5) is 30.8. The van der Waals surface area contributed by atoms with Crippen molar-refractivity contribution in [2.45, 2.75) is 38.0 Å². The van der Waals surface area contributed by atoms with Gasteiger partial charge in [-0.05, 0) is 37.1 Å². The minimum absolute atomic E-state index is 0.149. The molecule has 5 nitrogen and oxygen atoms in total. The molecule has 2 aromatic heterocycles. The van der Waals surface area contributed by atoms with Crippen LogP contribution in [0.3, 0.4) is 0 Å². The van der Waals surface area contributed by atoms with Gasteiger partial charge in [-0.15, -0.1) is 11.3 Å². The summed E-state index contributed by atoms with van der Waals surface area (Å²) in [5.74, 6) is 1.06. The predicted octanol–water partition coefficient (Wildman–Crippen LogP) is 3.29. The number of thiazole rings is 1. The number of carbonyl (C=O) groups excluding carboxylic acids is 2. The van der Waals surface area contributed by atoms with E-state index in [4.69, 9.17) is 4.98 Å². The van der Waals surface area contributed by atoms with Crippen molar-refractivity contribution in [2.75, 3.05) is 19.6 Å². The van der Waals surface area contributed by atoms with E-state index in [0.717, 1.165) is 56.5 Å². The zero-order valence-electron chi connectivity index (χ0n) is 14.6. The highest BCUT2D eigenvalue weighted by Crippen LogP contribution is 2.31. The highest BCUT2D eigenvalue weighted by Gasteiger charge is 2.29. The summed E-state index contributed by atoms with van der Waals surface area (Å²) >= 11 is 3.28. The van der Waals surface area contributed by atoms with Crippen LogP contribution in [0.2, 0.25) is 0 Å². The molecule has 1 saturated heterocycles. The van der Waals surface area contributed by atoms with Gasteiger partial charge in [-0.25, -0.2) is 4.98 Å². The summed E-state index contributed by atoms with van der Waals surface area (Å²) in [5, 5.41) is 10.2. The average molecular weight is 390 g/mol. The standard InChI is InChI=1S/C19H23N3O2S2/c23-17(13-1-2-13)20-7-3-16-12-26-18(21-16)14-4-8-22(9-5-14)19(24)15-6-10-25-11-15/h6,10-14H,1-5,7-9H2,(H,20,23). The van der Waals surface area contributed by atoms with Gasteiger partial charge < -0.3 is 10.2 Å². The van der Waals surface area contributed by atoms with Crippen LogP contribution in [-0.4, -0.2) is 41.3 Å². The normalized spacial score (nSPS) is 18.1. The molecule has 0 radical (unpaired) electrons. The van der Waals surface area contributed by atoms with Gasteiger partial charge >= 0.3 is 0 Å². The molecule has 2 aliphatic rings. The van der Waals surface area contributed by atoms with Gasteiger partial charge in [0.1, 0.15) is 0 Å². The molecule has 1 saturated carbocycles. The quantitative estimate of drug-likeness (QED) is 0.825. The lowest BCUT2D eigenvalue weighted by Gasteiger charge is -2.31. The fraction of sp³-hybridized carbons (Fsp3) is 0.526. The molecule has 138 valence electrons. The smallest absolute Gasteiger partial charge is 0.254 e. The van der Waals surface area contributed by atoms with Crippen molar-refractivity contribution < 1.29 is 9.59 Å². The van der Waals surface area contributed by atoms with Crippen molar-refractivity contribution >= 4 is 34.5 Å². The highest BCUT2D eigenvalue weighted by atomic mass is 32.1. The van der Waals surface area contributed by atoms with Gasteiger partial charge in [0.2, 0.25) is 5.91 Å². The molecule has 2 aromatic rings. The van der Waals surface area contributed by atoms with Gasteiger partial charge in [0.05, 0.1) is 16.3 Å². The van der Waals surface area contributed by atoms with Crippen molar-refractivity contribution in [1.82, 2.24) is 15.2 Å². The van der Waals surface area contributed by atoms with Crippen LogP contribution in [0.1, 0.15) is 52.7 Å². The van der Waals surface area contributed by atoms with E-state index in [9.17, 15) is 9.59 Å². The average Bonchev–Trinajstić information content (AvgIpc) is 3.18. The Morgan fingerprint density at radius 3 is 2.69 bits per heavy atom. The first-order valence-electron chi connectivity index (χ1n) is 9.24. The second kappa shape index (κ2) is 7.88. The number of amides is 2. The molecule has 4 rings (SSSR count). The first kappa shape index (κ1) is 17.7. The number of rotatable bonds is 6. The summed E-state index contributed by atoms with van der Waals surface area (Å²) in [6.45, 7) is 2.27. The SMILES string of the molecule is O=C(NCCc1csc(C2CCN(C(=O)c3ccsc3)CC2)n1)C1CC1. The van der Waals surface area contributed by atoms with Gasteiger partial charge in [-0.3, -0.25) is 9.59 Å². The van der Waals surface area contributed by atoms with Crippen LogP contribution in [0.5, 0.6) is 0 Å². The molecule has 3 heterocycles. The fourth-order valence-electron chi connectivity index (χ4n) is 3.33. The number of nitrogens with zero attached hydrogens (tertiary/aromatic N) is 2. The number of hydrogen-bond donors (Lipinski definition) is 1. The number of thiophene rings is 1. The monoisotopic (exact) mass is 389 g/mol. The van der Waals surface area contributed by atoms with Crippen molar-refractivity contribution in [2.24, 2.45) is 5.92 Å². The van der Waals surface area contributed by atoms with E-state index in [0.29, 0.717) is 12.5 Å². The first-order valence-corrected chi connectivity index (χ1v) is 11.1. The Labute approximate surface area is 161 Å². The number of nitrogens with one attached hydrogen (secondary N) is 1. The Hall–Kier alpha value is -1.73. The molecule has 2 amide bonds. The molecule has 0 atom stereocenters. The van der Waals surface area contributed by atoms with Gasteiger partial charge in [0, 0.05) is 48.7 Å². The van der Waals surface area contributed by atoms with Crippen LogP contribution in [-0.2, 0) is 11.2 Å². The van der Waals surface area contributed by atoms with Crippen molar-refractivity contribution in [3.8, 4) is 0 Å². The van der Waals surface area contributed by atoms with Crippen LogP contribution >= 0.6 is 22.7 Å². The summed E-state index contributed by atoms with van der Waals surface area (Å²) < 4.78 is 0. The lowest BCUT2D eigenvalue weighted by molar-refractivity contribution is -0.122. The third-order valence-corrected chi connectivity index (χ3v) is 6.84. The third kappa shape index (κ3) is 4.15. The molecule has 1 N–H and O–H groups in total. The Morgan fingerprint density at radius 1 is 1.19 bits per heavy atom. The molecule has 26 heavy (non-hydrogen) atoms. The molecule has 2 fully saturated rings. The van der Waals surface area contributed by atoms with Crippen LogP contribution < -0.4 is 5.32 Å². The Bertz CT molecular complexity index is 760. The maximum atomic E-state index is 12.4. The number of hydrogen-bond acceptors (Lipinski definition) is 5. The van der Waals surface area contributed by atoms with E-state index in [-0.39, 0.29) is 17.7 Å². The summed E-state index contributed by atoms with van der Waals surface area (Å²) in [7, 11) is 0. The number of carbonyl (C=O) groups is 2. The predicted molar refractivity (Wildman–Crippen MR) is 104 cm³/mol. The van der Waals surface area contributed by atoms with Gasteiger partial charge in [-0.1, -0.05) is 0 Å². The van der Waals surface area contributed by atoms with E-state index in [1.807, 2.05) is 21.7 Å². The van der Waals surface area contributed by atoms with Gasteiger partial charge in [0.15, 0.2) is 0 Å². The Kier molecular flexibility index (Phi) is 5.36. The van der Waals surface area contributed by atoms with Crippen LogP contribution in [0.25, 0.3) is 0 Å². The van der Waals surface area contributed by atoms with Crippen molar-refractivity contribution in [3.05, 3.63) is 38.5 Å². The Morgan fingerprint density at radius 2 is 2.00 bits per heavy atom. The lowest BCUT2D eigenvalue weighted by Crippen LogP contribution is -2.37. The molecule has 7 heteroatoms. The fourth-order valence-corrected chi connectivity index (χ4v) is 4.98. The molecular formula is C19H23N3O2S2. The molecule has 0 unspecified atom stereocenters. The lowest BCUT2D eigenvalue weighted by atomic mass is 9.97. The molecule has 1 aliphatic carbocycles. The first-order chi connectivity index (χ1) is 12.7. The van der Waals surface area contributed by atoms with E-state index < -0.39 is 0 Å². The van der Waals surface area contributed by atoms with Crippen LogP contribution in [0.4, 0.5) is 0 Å². The summed E-state index contributed by atoms with van der Waals surface area (Å²) in [6.07, 6.45) is 4.83. The summed E-state index contributed by atoms with van der Waals surface area (Å²) in [6, 6.07) is 1.90. The zero-order valence-corrected chi connectivity index (χ0v) is 16.3. The number of aromatic nitrogens is 1. The zero-order chi connectivity index (χ0) is 17.9. The number of likely N-dealkylation sites (tertiary alicyclic amines) is 1. The van der Waals surface area contributed by atoms with Crippen molar-refractivity contribution in [1.29, 1.82) is 0 Å². The minimum atomic E-state index is 0.149. The van der Waals surface area contributed by atoms with E-state index in [1.165, 1.54) is 5.01 Å². The molecule has 1 aliphatic heterocycles. The largest absolute Gasteiger partial charge is 0.355 e. The molecule has 0 aromatic carbocycles. The molecular weight excluding hydrogens is 366 g/mol. The Balaban J connectivity index is 1.25. The topological polar surface area (TPSA) is 62.3 Å². The van der Waals surface area contributed by atoms with Gasteiger partial charge in [-0.2, -0.15) is 11.3 Å². The van der Waals surface area contributed by atoms with Gasteiger partial charge in [0.25, 0.3) is 5.91 Å². The van der Waals surface area contributed by atoms with E-state index >= 15 is 0 Å². The van der Waals surface area contributed by atoms with Crippen molar-refractivity contribution in [3.63, 3.8) is 0 Å². The van der Waals surface area contributed by atoms with E-state index in [2.05, 4.69) is 10.7 Å². The maximum Gasteiger partial charge on any atom is 0.254 e. The van der Waals surface area contributed by atoms with E-state index in [1.54, 1.807) is 22.7 Å². The molecule has 0 spiro atoms. The number of piperidine rings is 1. The van der Waals surface area contributed by atoms with Crippen LogP contribution in [0, 0.1) is 5.92 Å².